The molecule has 0 bridgehead atoms. The molecule has 5 nitrogen and oxygen atoms in total. The minimum absolute atomic E-state index is 0.0555. The Bertz CT molecular complexity index is 494. The molecular weight excluding hydrogens is 254 g/mol. The summed E-state index contributed by atoms with van der Waals surface area (Å²) in [5, 5.41) is 13.1. The lowest BCUT2D eigenvalue weighted by Gasteiger charge is -2.40. The Morgan fingerprint density at radius 1 is 1.45 bits per heavy atom. The molecule has 0 aliphatic heterocycles. The van der Waals surface area contributed by atoms with Gasteiger partial charge in [0.1, 0.15) is 0 Å². The van der Waals surface area contributed by atoms with Crippen molar-refractivity contribution in [1.29, 1.82) is 0 Å². The molecule has 6 N–H and O–H groups in total. The first kappa shape index (κ1) is 14.7. The zero-order valence-electron chi connectivity index (χ0n) is 11.9. The van der Waals surface area contributed by atoms with Crippen molar-refractivity contribution in [2.24, 2.45) is 11.7 Å². The molecule has 110 valence electrons. The normalized spacial score (nSPS) is 26.2. The molecule has 2 rings (SSSR count). The van der Waals surface area contributed by atoms with Crippen molar-refractivity contribution in [2.45, 2.75) is 38.1 Å². The highest BCUT2D eigenvalue weighted by molar-refractivity contribution is 5.95. The predicted molar refractivity (Wildman–Crippen MR) is 80.4 cm³/mol. The number of hydrogen-bond acceptors (Lipinski definition) is 4. The van der Waals surface area contributed by atoms with Gasteiger partial charge >= 0.3 is 0 Å². The number of amides is 1. The SMILES string of the molecule is CC1CCC(CO)(Nc2cc(C(N)=O)ccc2N)CC1. The highest BCUT2D eigenvalue weighted by atomic mass is 16.3. The van der Waals surface area contributed by atoms with E-state index < -0.39 is 5.91 Å². The molecule has 0 unspecified atom stereocenters. The van der Waals surface area contributed by atoms with Crippen molar-refractivity contribution in [3.8, 4) is 0 Å². The van der Waals surface area contributed by atoms with E-state index in [9.17, 15) is 9.90 Å². The van der Waals surface area contributed by atoms with E-state index >= 15 is 0 Å². The van der Waals surface area contributed by atoms with Gasteiger partial charge in [0, 0.05) is 5.56 Å². The summed E-state index contributed by atoms with van der Waals surface area (Å²) in [5.74, 6) is 0.203. The van der Waals surface area contributed by atoms with Crippen LogP contribution in [-0.4, -0.2) is 23.2 Å². The van der Waals surface area contributed by atoms with Crippen LogP contribution in [-0.2, 0) is 0 Å². The summed E-state index contributed by atoms with van der Waals surface area (Å²) in [4.78, 5) is 11.3. The number of anilines is 2. The lowest BCUT2D eigenvalue weighted by Crippen LogP contribution is -2.45. The number of carbonyl (C=O) groups excluding carboxylic acids is 1. The first-order chi connectivity index (χ1) is 9.46. The van der Waals surface area contributed by atoms with Crippen molar-refractivity contribution in [2.75, 3.05) is 17.7 Å². The Morgan fingerprint density at radius 3 is 2.65 bits per heavy atom. The minimum atomic E-state index is -0.483. The Kier molecular flexibility index (Phi) is 4.18. The molecule has 0 atom stereocenters. The fourth-order valence-electron chi connectivity index (χ4n) is 2.74. The van der Waals surface area contributed by atoms with E-state index in [1.807, 2.05) is 0 Å². The Labute approximate surface area is 119 Å². The molecule has 20 heavy (non-hydrogen) atoms. The second-order valence-electron chi connectivity index (χ2n) is 5.91. The van der Waals surface area contributed by atoms with Gasteiger partial charge in [0.2, 0.25) is 5.91 Å². The number of hydrogen-bond donors (Lipinski definition) is 4. The molecule has 0 spiro atoms. The van der Waals surface area contributed by atoms with E-state index in [0.717, 1.165) is 25.7 Å². The van der Waals surface area contributed by atoms with E-state index in [-0.39, 0.29) is 12.1 Å². The van der Waals surface area contributed by atoms with Gasteiger partial charge in [-0.2, -0.15) is 0 Å². The highest BCUT2D eigenvalue weighted by Crippen LogP contribution is 2.35. The van der Waals surface area contributed by atoms with Crippen LogP contribution in [0.25, 0.3) is 0 Å². The zero-order chi connectivity index (χ0) is 14.8. The summed E-state index contributed by atoms with van der Waals surface area (Å²) in [6.07, 6.45) is 3.93. The van der Waals surface area contributed by atoms with Gasteiger partial charge < -0.3 is 21.9 Å². The van der Waals surface area contributed by atoms with Crippen molar-refractivity contribution in [1.82, 2.24) is 0 Å². The van der Waals surface area contributed by atoms with Gasteiger partial charge in [-0.3, -0.25) is 4.79 Å². The summed E-state index contributed by atoms with van der Waals surface area (Å²) in [5.41, 5.74) is 12.5. The van der Waals surface area contributed by atoms with E-state index in [4.69, 9.17) is 11.5 Å². The monoisotopic (exact) mass is 277 g/mol. The van der Waals surface area contributed by atoms with Crippen LogP contribution in [0.4, 0.5) is 11.4 Å². The molecule has 1 amide bonds. The number of nitrogens with one attached hydrogen (secondary N) is 1. The van der Waals surface area contributed by atoms with Crippen LogP contribution in [0.5, 0.6) is 0 Å². The van der Waals surface area contributed by atoms with Gasteiger partial charge in [-0.05, 0) is 49.8 Å². The quantitative estimate of drug-likeness (QED) is 0.629. The van der Waals surface area contributed by atoms with Gasteiger partial charge in [-0.15, -0.1) is 0 Å². The van der Waals surface area contributed by atoms with Crippen LogP contribution in [0, 0.1) is 5.92 Å². The topological polar surface area (TPSA) is 101 Å². The summed E-state index contributed by atoms with van der Waals surface area (Å²) >= 11 is 0. The summed E-state index contributed by atoms with van der Waals surface area (Å²) in [7, 11) is 0. The van der Waals surface area contributed by atoms with Gasteiger partial charge in [0.25, 0.3) is 0 Å². The molecule has 0 aromatic heterocycles. The third kappa shape index (κ3) is 3.04. The van der Waals surface area contributed by atoms with Crippen LogP contribution < -0.4 is 16.8 Å². The van der Waals surface area contributed by atoms with Crippen LogP contribution in [0.15, 0.2) is 18.2 Å². The van der Waals surface area contributed by atoms with Gasteiger partial charge in [0.05, 0.1) is 23.5 Å². The maximum atomic E-state index is 11.3. The maximum absolute atomic E-state index is 11.3. The van der Waals surface area contributed by atoms with Crippen molar-refractivity contribution in [3.05, 3.63) is 23.8 Å². The first-order valence-electron chi connectivity index (χ1n) is 7.04. The van der Waals surface area contributed by atoms with E-state index in [2.05, 4.69) is 12.2 Å². The number of nitrogen functional groups attached to an aromatic ring is 1. The van der Waals surface area contributed by atoms with Gasteiger partial charge in [0.15, 0.2) is 0 Å². The van der Waals surface area contributed by atoms with Crippen LogP contribution in [0.1, 0.15) is 43.0 Å². The maximum Gasteiger partial charge on any atom is 0.248 e. The molecule has 1 fully saturated rings. The molecule has 0 heterocycles. The zero-order valence-corrected chi connectivity index (χ0v) is 11.9. The third-order valence-electron chi connectivity index (χ3n) is 4.27. The van der Waals surface area contributed by atoms with Gasteiger partial charge in [-0.25, -0.2) is 0 Å². The Hall–Kier alpha value is -1.75. The van der Waals surface area contributed by atoms with Crippen molar-refractivity contribution in [3.63, 3.8) is 0 Å². The van der Waals surface area contributed by atoms with Gasteiger partial charge in [-0.1, -0.05) is 6.92 Å². The van der Waals surface area contributed by atoms with E-state index in [1.165, 1.54) is 0 Å². The molecule has 1 aliphatic carbocycles. The second kappa shape index (κ2) is 5.71. The molecule has 5 heteroatoms. The lowest BCUT2D eigenvalue weighted by molar-refractivity contribution is 0.100. The predicted octanol–water partition coefficient (Wildman–Crippen LogP) is 1.72. The minimum Gasteiger partial charge on any atom is -0.397 e. The number of aliphatic hydroxyl groups excluding tert-OH is 1. The van der Waals surface area contributed by atoms with E-state index in [1.54, 1.807) is 18.2 Å². The standard InChI is InChI=1S/C15H23N3O2/c1-10-4-6-15(9-19,7-5-10)18-13-8-11(14(17)20)2-3-12(13)16/h2-3,8,10,18-19H,4-7,9,16H2,1H3,(H2,17,20). The van der Waals surface area contributed by atoms with Crippen molar-refractivity contribution >= 4 is 17.3 Å². The highest BCUT2D eigenvalue weighted by Gasteiger charge is 2.33. The Balaban J connectivity index is 2.23. The molecule has 0 radical (unpaired) electrons. The smallest absolute Gasteiger partial charge is 0.248 e. The summed E-state index contributed by atoms with van der Waals surface area (Å²) in [6, 6.07) is 4.93. The average molecular weight is 277 g/mol. The fourth-order valence-corrected chi connectivity index (χ4v) is 2.74. The second-order valence-corrected chi connectivity index (χ2v) is 5.91. The molecule has 1 aromatic rings. The molecule has 1 saturated carbocycles. The third-order valence-corrected chi connectivity index (χ3v) is 4.27. The summed E-state index contributed by atoms with van der Waals surface area (Å²) in [6.45, 7) is 2.28. The van der Waals surface area contributed by atoms with Crippen LogP contribution in [0.2, 0.25) is 0 Å². The molecule has 1 aliphatic rings. The largest absolute Gasteiger partial charge is 0.397 e. The Morgan fingerprint density at radius 2 is 2.10 bits per heavy atom. The number of benzene rings is 1. The molecular formula is C15H23N3O2. The number of primary amides is 1. The number of rotatable bonds is 4. The molecule has 0 saturated heterocycles. The first-order valence-corrected chi connectivity index (χ1v) is 7.04. The molecule has 1 aromatic carbocycles. The number of aliphatic hydroxyl groups is 1. The average Bonchev–Trinajstić information content (AvgIpc) is 2.44. The lowest BCUT2D eigenvalue weighted by atomic mass is 9.77. The number of nitrogens with two attached hydrogens (primary N) is 2. The van der Waals surface area contributed by atoms with Crippen LogP contribution >= 0.6 is 0 Å². The number of carbonyl (C=O) groups is 1. The van der Waals surface area contributed by atoms with Crippen LogP contribution in [0.3, 0.4) is 0 Å². The van der Waals surface area contributed by atoms with E-state index in [0.29, 0.717) is 22.9 Å². The summed E-state index contributed by atoms with van der Waals surface area (Å²) < 4.78 is 0. The van der Waals surface area contributed by atoms with Crippen molar-refractivity contribution < 1.29 is 9.90 Å². The fraction of sp³-hybridized carbons (Fsp3) is 0.533.